The first-order chi connectivity index (χ1) is 15.8. The van der Waals surface area contributed by atoms with E-state index in [0.717, 1.165) is 16.8 Å². The molecule has 0 aliphatic carbocycles. The molecule has 0 bridgehead atoms. The Morgan fingerprint density at radius 1 is 1.21 bits per heavy atom. The zero-order valence-electron chi connectivity index (χ0n) is 18.8. The van der Waals surface area contributed by atoms with Crippen molar-refractivity contribution in [3.63, 3.8) is 0 Å². The number of carbonyl (C=O) groups is 2. The van der Waals surface area contributed by atoms with E-state index in [-0.39, 0.29) is 17.6 Å². The lowest BCUT2D eigenvalue weighted by molar-refractivity contribution is -0.113. The molecule has 172 valence electrons. The number of hydrogen-bond acceptors (Lipinski definition) is 5. The van der Waals surface area contributed by atoms with Crippen molar-refractivity contribution >= 4 is 40.9 Å². The SMILES string of the molecule is C=CCn1c(SCC(=O)Nc2cc(C)ccc2C)nnc1C(C)NC(=O)c1cccc(Cl)c1. The molecule has 0 fully saturated rings. The molecule has 3 rings (SSSR count). The monoisotopic (exact) mass is 483 g/mol. The standard InChI is InChI=1S/C24H26ClN5O2S/c1-5-11-30-22(17(4)26-23(32)18-7-6-8-19(25)13-18)28-29-24(30)33-14-21(31)27-20-12-15(2)9-10-16(20)3/h5-10,12-13,17H,1,11,14H2,2-4H3,(H,26,32)(H,27,31). The van der Waals surface area contributed by atoms with Crippen LogP contribution in [0.25, 0.3) is 0 Å². The molecule has 2 N–H and O–H groups in total. The maximum atomic E-state index is 12.6. The van der Waals surface area contributed by atoms with Gasteiger partial charge in [-0.3, -0.25) is 9.59 Å². The topological polar surface area (TPSA) is 88.9 Å². The minimum absolute atomic E-state index is 0.134. The molecule has 0 aliphatic heterocycles. The largest absolute Gasteiger partial charge is 0.342 e. The van der Waals surface area contributed by atoms with Crippen LogP contribution in [0.5, 0.6) is 0 Å². The number of amides is 2. The van der Waals surface area contributed by atoms with E-state index in [1.54, 1.807) is 30.3 Å². The average molecular weight is 484 g/mol. The zero-order valence-corrected chi connectivity index (χ0v) is 20.3. The molecule has 3 aromatic rings. The van der Waals surface area contributed by atoms with Gasteiger partial charge < -0.3 is 15.2 Å². The van der Waals surface area contributed by atoms with Crippen LogP contribution in [0.3, 0.4) is 0 Å². The fourth-order valence-electron chi connectivity index (χ4n) is 3.19. The summed E-state index contributed by atoms with van der Waals surface area (Å²) in [5, 5.41) is 15.4. The molecule has 2 aromatic carbocycles. The third-order valence-electron chi connectivity index (χ3n) is 4.88. The molecule has 1 atom stereocenters. The number of thioether (sulfide) groups is 1. The molecule has 0 saturated carbocycles. The van der Waals surface area contributed by atoms with Gasteiger partial charge in [-0.1, -0.05) is 47.6 Å². The van der Waals surface area contributed by atoms with Gasteiger partial charge in [-0.25, -0.2) is 0 Å². The van der Waals surface area contributed by atoms with E-state index in [1.807, 2.05) is 43.5 Å². The van der Waals surface area contributed by atoms with Crippen molar-refractivity contribution in [3.8, 4) is 0 Å². The predicted octanol–water partition coefficient (Wildman–Crippen LogP) is 4.96. The van der Waals surface area contributed by atoms with Crippen LogP contribution in [0.2, 0.25) is 5.02 Å². The van der Waals surface area contributed by atoms with Crippen LogP contribution in [0.1, 0.15) is 40.3 Å². The lowest BCUT2D eigenvalue weighted by Gasteiger charge is -2.15. The molecule has 1 heterocycles. The Morgan fingerprint density at radius 3 is 2.73 bits per heavy atom. The van der Waals surface area contributed by atoms with Crippen LogP contribution < -0.4 is 10.6 Å². The van der Waals surface area contributed by atoms with Gasteiger partial charge in [-0.05, 0) is 56.2 Å². The Balaban J connectivity index is 1.68. The van der Waals surface area contributed by atoms with Gasteiger partial charge in [0.25, 0.3) is 5.91 Å². The number of hydrogen-bond donors (Lipinski definition) is 2. The maximum absolute atomic E-state index is 12.6. The fourth-order valence-corrected chi connectivity index (χ4v) is 4.13. The van der Waals surface area contributed by atoms with Crippen molar-refractivity contribution in [2.24, 2.45) is 0 Å². The summed E-state index contributed by atoms with van der Waals surface area (Å²) in [6.45, 7) is 10.0. The van der Waals surface area contributed by atoms with Gasteiger partial charge in [0.2, 0.25) is 5.91 Å². The second-order valence-electron chi connectivity index (χ2n) is 7.60. The van der Waals surface area contributed by atoms with E-state index in [4.69, 9.17) is 11.6 Å². The number of benzene rings is 2. The molecule has 2 amide bonds. The summed E-state index contributed by atoms with van der Waals surface area (Å²) in [4.78, 5) is 25.1. The van der Waals surface area contributed by atoms with Crippen LogP contribution in [-0.4, -0.2) is 32.3 Å². The van der Waals surface area contributed by atoms with Crippen molar-refractivity contribution < 1.29 is 9.59 Å². The molecule has 0 spiro atoms. The minimum Gasteiger partial charge on any atom is -0.342 e. The van der Waals surface area contributed by atoms with Gasteiger partial charge in [-0.2, -0.15) is 0 Å². The third kappa shape index (κ3) is 6.46. The number of allylic oxidation sites excluding steroid dienone is 1. The molecule has 0 radical (unpaired) electrons. The Labute approximate surface area is 202 Å². The Morgan fingerprint density at radius 2 is 2.00 bits per heavy atom. The first-order valence-electron chi connectivity index (χ1n) is 10.4. The first kappa shape index (κ1) is 24.5. The normalized spacial score (nSPS) is 11.6. The second kappa shape index (κ2) is 11.2. The van der Waals surface area contributed by atoms with Crippen molar-refractivity contribution in [2.45, 2.75) is 38.5 Å². The zero-order chi connectivity index (χ0) is 24.0. The lowest BCUT2D eigenvalue weighted by Crippen LogP contribution is -2.28. The summed E-state index contributed by atoms with van der Waals surface area (Å²) in [6, 6.07) is 12.2. The summed E-state index contributed by atoms with van der Waals surface area (Å²) in [5.74, 6) is 0.347. The highest BCUT2D eigenvalue weighted by Crippen LogP contribution is 2.22. The van der Waals surface area contributed by atoms with Crippen LogP contribution in [-0.2, 0) is 11.3 Å². The van der Waals surface area contributed by atoms with Crippen molar-refractivity contribution in [1.82, 2.24) is 20.1 Å². The van der Waals surface area contributed by atoms with Crippen LogP contribution in [0, 0.1) is 13.8 Å². The molecular formula is C24H26ClN5O2S. The number of carbonyl (C=O) groups excluding carboxylic acids is 2. The molecule has 1 aromatic heterocycles. The van der Waals surface area contributed by atoms with Crippen molar-refractivity contribution in [3.05, 3.63) is 82.7 Å². The number of anilines is 1. The molecule has 0 saturated heterocycles. The van der Waals surface area contributed by atoms with Crippen molar-refractivity contribution in [1.29, 1.82) is 0 Å². The summed E-state index contributed by atoms with van der Waals surface area (Å²) in [6.07, 6.45) is 1.72. The van der Waals surface area contributed by atoms with Crippen LogP contribution >= 0.6 is 23.4 Å². The van der Waals surface area contributed by atoms with E-state index in [9.17, 15) is 9.59 Å². The smallest absolute Gasteiger partial charge is 0.251 e. The quantitative estimate of drug-likeness (QED) is 0.332. The third-order valence-corrected chi connectivity index (χ3v) is 6.08. The van der Waals surface area contributed by atoms with Crippen molar-refractivity contribution in [2.75, 3.05) is 11.1 Å². The molecule has 0 aliphatic rings. The summed E-state index contributed by atoms with van der Waals surface area (Å²) in [5.41, 5.74) is 3.33. The van der Waals surface area contributed by atoms with Gasteiger partial charge in [-0.15, -0.1) is 16.8 Å². The van der Waals surface area contributed by atoms with Gasteiger partial charge in [0.05, 0.1) is 11.8 Å². The highest BCUT2D eigenvalue weighted by atomic mass is 35.5. The molecule has 1 unspecified atom stereocenters. The van der Waals surface area contributed by atoms with E-state index in [0.29, 0.717) is 28.1 Å². The van der Waals surface area contributed by atoms with E-state index < -0.39 is 6.04 Å². The number of nitrogens with zero attached hydrogens (tertiary/aromatic N) is 3. The fraction of sp³-hybridized carbons (Fsp3) is 0.250. The second-order valence-corrected chi connectivity index (χ2v) is 8.98. The van der Waals surface area contributed by atoms with Gasteiger partial charge >= 0.3 is 0 Å². The number of nitrogens with one attached hydrogen (secondary N) is 2. The molecule has 7 nitrogen and oxygen atoms in total. The maximum Gasteiger partial charge on any atom is 0.251 e. The average Bonchev–Trinajstić information content (AvgIpc) is 3.18. The van der Waals surface area contributed by atoms with E-state index in [2.05, 4.69) is 27.4 Å². The Hall–Kier alpha value is -3.10. The first-order valence-corrected chi connectivity index (χ1v) is 11.7. The number of halogens is 1. The molecule has 33 heavy (non-hydrogen) atoms. The minimum atomic E-state index is -0.415. The number of rotatable bonds is 9. The highest BCUT2D eigenvalue weighted by Gasteiger charge is 2.20. The predicted molar refractivity (Wildman–Crippen MR) is 133 cm³/mol. The number of aryl methyl sites for hydroxylation is 2. The molecule has 9 heteroatoms. The Kier molecular flexibility index (Phi) is 8.30. The highest BCUT2D eigenvalue weighted by molar-refractivity contribution is 7.99. The van der Waals surface area contributed by atoms with Crippen LogP contribution in [0.4, 0.5) is 5.69 Å². The van der Waals surface area contributed by atoms with Crippen LogP contribution in [0.15, 0.2) is 60.3 Å². The van der Waals surface area contributed by atoms with E-state index in [1.165, 1.54) is 11.8 Å². The summed E-state index contributed by atoms with van der Waals surface area (Å²) < 4.78 is 1.84. The molecular weight excluding hydrogens is 458 g/mol. The number of aromatic nitrogens is 3. The lowest BCUT2D eigenvalue weighted by atomic mass is 10.1. The summed E-state index contributed by atoms with van der Waals surface area (Å²) >= 11 is 7.27. The summed E-state index contributed by atoms with van der Waals surface area (Å²) in [7, 11) is 0. The van der Waals surface area contributed by atoms with E-state index >= 15 is 0 Å². The van der Waals surface area contributed by atoms with Gasteiger partial charge in [0.1, 0.15) is 0 Å². The van der Waals surface area contributed by atoms with Gasteiger partial charge in [0, 0.05) is 22.8 Å². The Bertz CT molecular complexity index is 1180. The van der Waals surface area contributed by atoms with Gasteiger partial charge in [0.15, 0.2) is 11.0 Å².